The zero-order chi connectivity index (χ0) is 8.10. The van der Waals surface area contributed by atoms with Crippen molar-refractivity contribution in [3.8, 4) is 6.07 Å². The largest absolute Gasteiger partial charge is 0.514 e. The van der Waals surface area contributed by atoms with Gasteiger partial charge >= 0.3 is 0 Å². The molecule has 0 radical (unpaired) electrons. The van der Waals surface area contributed by atoms with Crippen molar-refractivity contribution in [2.24, 2.45) is 0 Å². The van der Waals surface area contributed by atoms with Crippen molar-refractivity contribution in [2.75, 3.05) is 0 Å². The number of pyridine rings is 1. The van der Waals surface area contributed by atoms with Crippen LogP contribution in [-0.2, 0) is 0 Å². The second-order valence-corrected chi connectivity index (χ2v) is 1.87. The number of aromatic nitrogens is 1. The number of nitriles is 1. The summed E-state index contributed by atoms with van der Waals surface area (Å²) in [6, 6.07) is 6.97. The van der Waals surface area contributed by atoms with Crippen molar-refractivity contribution in [1.29, 1.82) is 5.26 Å². The number of allylic oxidation sites excluding steroid dienone is 1. The van der Waals surface area contributed by atoms with Crippen LogP contribution >= 0.6 is 0 Å². The van der Waals surface area contributed by atoms with Crippen LogP contribution in [0.15, 0.2) is 30.7 Å². The minimum Gasteiger partial charge on any atom is -0.514 e. The maximum Gasteiger partial charge on any atom is 0.112 e. The summed E-state index contributed by atoms with van der Waals surface area (Å²) in [4.78, 5) is 3.87. The zero-order valence-corrected chi connectivity index (χ0v) is 5.73. The van der Waals surface area contributed by atoms with E-state index in [0.29, 0.717) is 5.69 Å². The second-order valence-electron chi connectivity index (χ2n) is 1.87. The summed E-state index contributed by atoms with van der Waals surface area (Å²) in [5, 5.41) is 17.0. The molecule has 0 unspecified atom stereocenters. The molecule has 0 aliphatic heterocycles. The first-order valence-electron chi connectivity index (χ1n) is 3.04. The highest BCUT2D eigenvalue weighted by molar-refractivity contribution is 5.73. The van der Waals surface area contributed by atoms with Crippen molar-refractivity contribution in [3.63, 3.8) is 0 Å². The molecule has 0 aliphatic carbocycles. The molecule has 0 aromatic carbocycles. The van der Waals surface area contributed by atoms with Crippen LogP contribution < -0.4 is 0 Å². The fourth-order valence-electron chi connectivity index (χ4n) is 0.674. The van der Waals surface area contributed by atoms with E-state index in [1.165, 1.54) is 0 Å². The molecular weight excluding hydrogens is 140 g/mol. The lowest BCUT2D eigenvalue weighted by atomic mass is 10.2. The SMILES string of the molecule is N#C/C(=C/O)c1ccccn1. The van der Waals surface area contributed by atoms with Crippen LogP contribution in [0.2, 0.25) is 0 Å². The van der Waals surface area contributed by atoms with Gasteiger partial charge in [-0.1, -0.05) is 6.07 Å². The summed E-state index contributed by atoms with van der Waals surface area (Å²) in [6.07, 6.45) is 2.32. The quantitative estimate of drug-likeness (QED) is 0.482. The fourth-order valence-corrected chi connectivity index (χ4v) is 0.674. The lowest BCUT2D eigenvalue weighted by Crippen LogP contribution is -1.84. The van der Waals surface area contributed by atoms with Crippen LogP contribution in [0.3, 0.4) is 0 Å². The lowest BCUT2D eigenvalue weighted by Gasteiger charge is -1.92. The Morgan fingerprint density at radius 3 is 2.91 bits per heavy atom. The molecule has 54 valence electrons. The van der Waals surface area contributed by atoms with E-state index in [4.69, 9.17) is 10.4 Å². The monoisotopic (exact) mass is 146 g/mol. The molecule has 3 heteroatoms. The number of nitrogens with zero attached hydrogens (tertiary/aromatic N) is 2. The molecule has 0 fully saturated rings. The maximum atomic E-state index is 8.55. The molecule has 11 heavy (non-hydrogen) atoms. The number of hydrogen-bond donors (Lipinski definition) is 1. The average molecular weight is 146 g/mol. The Morgan fingerprint density at radius 2 is 2.45 bits per heavy atom. The third-order valence-corrected chi connectivity index (χ3v) is 1.19. The van der Waals surface area contributed by atoms with Gasteiger partial charge in [-0.2, -0.15) is 5.26 Å². The highest BCUT2D eigenvalue weighted by atomic mass is 16.2. The fraction of sp³-hybridized carbons (Fsp3) is 0. The molecule has 0 amide bonds. The Bertz CT molecular complexity index is 298. The Morgan fingerprint density at radius 1 is 1.64 bits per heavy atom. The van der Waals surface area contributed by atoms with Gasteiger partial charge in [-0.3, -0.25) is 4.98 Å². The number of rotatable bonds is 1. The molecule has 0 spiro atoms. The Kier molecular flexibility index (Phi) is 2.24. The molecule has 3 nitrogen and oxygen atoms in total. The Hall–Kier alpha value is -1.82. The normalized spacial score (nSPS) is 10.6. The third kappa shape index (κ3) is 1.55. The first-order valence-corrected chi connectivity index (χ1v) is 3.04. The second kappa shape index (κ2) is 3.37. The van der Waals surface area contributed by atoms with Gasteiger partial charge in [0.2, 0.25) is 0 Å². The van der Waals surface area contributed by atoms with E-state index in [1.807, 2.05) is 6.07 Å². The summed E-state index contributed by atoms with van der Waals surface area (Å²) >= 11 is 0. The van der Waals surface area contributed by atoms with E-state index in [0.717, 1.165) is 6.26 Å². The lowest BCUT2D eigenvalue weighted by molar-refractivity contribution is 0.476. The summed E-state index contributed by atoms with van der Waals surface area (Å²) in [5.74, 6) is 0. The van der Waals surface area contributed by atoms with Crippen LogP contribution in [-0.4, -0.2) is 10.1 Å². The molecule has 1 aromatic rings. The first-order chi connectivity index (χ1) is 5.38. The average Bonchev–Trinajstić information content (AvgIpc) is 2.09. The van der Waals surface area contributed by atoms with E-state index in [9.17, 15) is 0 Å². The van der Waals surface area contributed by atoms with Gasteiger partial charge in [0.15, 0.2) is 0 Å². The number of hydrogen-bond acceptors (Lipinski definition) is 3. The molecule has 0 saturated heterocycles. The molecule has 1 heterocycles. The smallest absolute Gasteiger partial charge is 0.112 e. The van der Waals surface area contributed by atoms with Crippen molar-refractivity contribution >= 4 is 5.57 Å². The molecule has 0 atom stereocenters. The van der Waals surface area contributed by atoms with Crippen molar-refractivity contribution in [1.82, 2.24) is 4.98 Å². The molecule has 1 N–H and O–H groups in total. The summed E-state index contributed by atoms with van der Waals surface area (Å²) in [7, 11) is 0. The molecule has 0 aliphatic rings. The van der Waals surface area contributed by atoms with Crippen LogP contribution in [0.5, 0.6) is 0 Å². The van der Waals surface area contributed by atoms with Crippen LogP contribution in [0.1, 0.15) is 5.69 Å². The van der Waals surface area contributed by atoms with E-state index in [-0.39, 0.29) is 5.57 Å². The summed E-state index contributed by atoms with van der Waals surface area (Å²) in [6.45, 7) is 0. The Balaban J connectivity index is 3.05. The maximum absolute atomic E-state index is 8.55. The molecule has 0 saturated carbocycles. The van der Waals surface area contributed by atoms with Gasteiger partial charge in [-0.15, -0.1) is 0 Å². The molecular formula is C8H6N2O. The van der Waals surface area contributed by atoms with Gasteiger partial charge in [0, 0.05) is 6.20 Å². The van der Waals surface area contributed by atoms with Crippen molar-refractivity contribution in [3.05, 3.63) is 36.4 Å². The predicted octanol–water partition coefficient (Wildman–Crippen LogP) is 1.50. The topological polar surface area (TPSA) is 56.9 Å². The predicted molar refractivity (Wildman–Crippen MR) is 40.5 cm³/mol. The van der Waals surface area contributed by atoms with Crippen molar-refractivity contribution < 1.29 is 5.11 Å². The number of aliphatic hydroxyl groups is 1. The summed E-state index contributed by atoms with van der Waals surface area (Å²) < 4.78 is 0. The van der Waals surface area contributed by atoms with Crippen molar-refractivity contribution in [2.45, 2.75) is 0 Å². The summed E-state index contributed by atoms with van der Waals surface area (Å²) in [5.41, 5.74) is 0.656. The van der Waals surface area contributed by atoms with Gasteiger partial charge in [-0.05, 0) is 12.1 Å². The van der Waals surface area contributed by atoms with Gasteiger partial charge in [-0.25, -0.2) is 0 Å². The van der Waals surface area contributed by atoms with Gasteiger partial charge in [0.1, 0.15) is 11.6 Å². The molecule has 1 aromatic heterocycles. The first kappa shape index (κ1) is 7.29. The number of aliphatic hydroxyl groups excluding tert-OH is 1. The highest BCUT2D eigenvalue weighted by Gasteiger charge is 1.98. The highest BCUT2D eigenvalue weighted by Crippen LogP contribution is 2.07. The third-order valence-electron chi connectivity index (χ3n) is 1.19. The van der Waals surface area contributed by atoms with Crippen LogP contribution in [0.4, 0.5) is 0 Å². The van der Waals surface area contributed by atoms with Gasteiger partial charge in [0.05, 0.1) is 12.0 Å². The zero-order valence-electron chi connectivity index (χ0n) is 5.73. The van der Waals surface area contributed by atoms with E-state index < -0.39 is 0 Å². The van der Waals surface area contributed by atoms with Crippen LogP contribution in [0.25, 0.3) is 5.57 Å². The molecule has 0 bridgehead atoms. The Labute approximate surface area is 64.2 Å². The van der Waals surface area contributed by atoms with Gasteiger partial charge < -0.3 is 5.11 Å². The van der Waals surface area contributed by atoms with E-state index >= 15 is 0 Å². The van der Waals surface area contributed by atoms with E-state index in [2.05, 4.69) is 4.98 Å². The van der Waals surface area contributed by atoms with Crippen LogP contribution in [0, 0.1) is 11.3 Å². The standard InChI is InChI=1S/C8H6N2O/c9-5-7(6-11)8-3-1-2-4-10-8/h1-4,6,11H/b7-6-. The van der Waals surface area contributed by atoms with E-state index in [1.54, 1.807) is 24.4 Å². The van der Waals surface area contributed by atoms with Gasteiger partial charge in [0.25, 0.3) is 0 Å². The minimum absolute atomic E-state index is 0.172. The minimum atomic E-state index is 0.172. The molecule has 1 rings (SSSR count).